The first-order valence-electron chi connectivity index (χ1n) is 5.21. The molecule has 0 aromatic rings. The lowest BCUT2D eigenvalue weighted by atomic mass is 10.0. The Balaban J connectivity index is 2.33. The summed E-state index contributed by atoms with van der Waals surface area (Å²) in [6, 6.07) is -0.000602. The van der Waals surface area contributed by atoms with Gasteiger partial charge in [-0.05, 0) is 33.6 Å². The molecular formula is C11H18FNO2. The molecule has 1 aliphatic carbocycles. The Morgan fingerprint density at radius 1 is 1.60 bits per heavy atom. The lowest BCUT2D eigenvalue weighted by Gasteiger charge is -2.24. The number of carbonyl (C=O) groups excluding carboxylic acids is 1. The number of hydrogen-bond acceptors (Lipinski definition) is 2. The molecule has 0 spiro atoms. The summed E-state index contributed by atoms with van der Waals surface area (Å²) in [5.41, 5.74) is -0.486. The molecule has 0 aromatic carbocycles. The van der Waals surface area contributed by atoms with Gasteiger partial charge in [-0.2, -0.15) is 0 Å². The molecule has 4 heteroatoms. The van der Waals surface area contributed by atoms with Crippen LogP contribution >= 0.6 is 0 Å². The van der Waals surface area contributed by atoms with Crippen LogP contribution in [0.5, 0.6) is 0 Å². The molecule has 3 nitrogen and oxygen atoms in total. The van der Waals surface area contributed by atoms with Gasteiger partial charge in [0.2, 0.25) is 0 Å². The average molecular weight is 215 g/mol. The van der Waals surface area contributed by atoms with Crippen molar-refractivity contribution >= 4 is 6.09 Å². The van der Waals surface area contributed by atoms with Gasteiger partial charge < -0.3 is 10.1 Å². The van der Waals surface area contributed by atoms with Crippen LogP contribution in [0.2, 0.25) is 0 Å². The summed E-state index contributed by atoms with van der Waals surface area (Å²) < 4.78 is 17.8. The second-order valence-electron chi connectivity index (χ2n) is 4.77. The summed E-state index contributed by atoms with van der Waals surface area (Å²) >= 11 is 0. The van der Waals surface area contributed by atoms with Crippen molar-refractivity contribution in [3.63, 3.8) is 0 Å². The van der Waals surface area contributed by atoms with Crippen molar-refractivity contribution in [2.24, 2.45) is 0 Å². The van der Waals surface area contributed by atoms with Crippen LogP contribution in [0, 0.1) is 0 Å². The van der Waals surface area contributed by atoms with E-state index in [0.29, 0.717) is 19.3 Å². The van der Waals surface area contributed by atoms with Crippen LogP contribution < -0.4 is 5.32 Å². The van der Waals surface area contributed by atoms with E-state index in [4.69, 9.17) is 4.74 Å². The number of rotatable bonds is 1. The SMILES string of the molecule is CC(C)(C)OC(=O)NC1CC=C(F)CC1. The minimum absolute atomic E-state index is 0.000602. The van der Waals surface area contributed by atoms with E-state index in [1.54, 1.807) is 0 Å². The van der Waals surface area contributed by atoms with E-state index in [-0.39, 0.29) is 11.9 Å². The molecule has 1 aliphatic rings. The van der Waals surface area contributed by atoms with Gasteiger partial charge in [0.05, 0.1) is 5.83 Å². The molecule has 1 amide bonds. The van der Waals surface area contributed by atoms with E-state index in [9.17, 15) is 9.18 Å². The maximum absolute atomic E-state index is 12.7. The molecule has 86 valence electrons. The monoisotopic (exact) mass is 215 g/mol. The minimum Gasteiger partial charge on any atom is -0.444 e. The zero-order valence-electron chi connectivity index (χ0n) is 9.47. The van der Waals surface area contributed by atoms with Crippen LogP contribution in [-0.4, -0.2) is 17.7 Å². The summed E-state index contributed by atoms with van der Waals surface area (Å²) in [5.74, 6) is -0.0859. The van der Waals surface area contributed by atoms with E-state index in [1.165, 1.54) is 6.08 Å². The number of nitrogens with one attached hydrogen (secondary N) is 1. The van der Waals surface area contributed by atoms with Crippen molar-refractivity contribution in [1.82, 2.24) is 5.32 Å². The first-order valence-corrected chi connectivity index (χ1v) is 5.21. The van der Waals surface area contributed by atoms with Crippen LogP contribution in [-0.2, 0) is 4.74 Å². The van der Waals surface area contributed by atoms with Crippen LogP contribution in [0.1, 0.15) is 40.0 Å². The second kappa shape index (κ2) is 4.64. The largest absolute Gasteiger partial charge is 0.444 e. The highest BCUT2D eigenvalue weighted by Crippen LogP contribution is 2.19. The Kier molecular flexibility index (Phi) is 3.72. The predicted molar refractivity (Wildman–Crippen MR) is 56.2 cm³/mol. The van der Waals surface area contributed by atoms with Crippen LogP contribution in [0.25, 0.3) is 0 Å². The Morgan fingerprint density at radius 2 is 2.27 bits per heavy atom. The molecule has 15 heavy (non-hydrogen) atoms. The normalized spacial score (nSPS) is 21.9. The summed E-state index contributed by atoms with van der Waals surface area (Å²) in [6.07, 6.45) is 2.68. The Hall–Kier alpha value is -1.06. The third-order valence-electron chi connectivity index (χ3n) is 2.08. The Morgan fingerprint density at radius 3 is 2.73 bits per heavy atom. The van der Waals surface area contributed by atoms with E-state index in [1.807, 2.05) is 20.8 Å². The van der Waals surface area contributed by atoms with E-state index < -0.39 is 11.7 Å². The van der Waals surface area contributed by atoms with Gasteiger partial charge in [0.25, 0.3) is 0 Å². The summed E-state index contributed by atoms with van der Waals surface area (Å²) in [7, 11) is 0. The van der Waals surface area contributed by atoms with Crippen molar-refractivity contribution in [1.29, 1.82) is 0 Å². The molecule has 0 aliphatic heterocycles. The molecule has 1 atom stereocenters. The van der Waals surface area contributed by atoms with Crippen LogP contribution in [0.4, 0.5) is 9.18 Å². The molecule has 0 bridgehead atoms. The number of ether oxygens (including phenoxy) is 1. The fourth-order valence-corrected chi connectivity index (χ4v) is 1.41. The average Bonchev–Trinajstić information content (AvgIpc) is 2.05. The molecular weight excluding hydrogens is 197 g/mol. The predicted octanol–water partition coefficient (Wildman–Crippen LogP) is 2.92. The van der Waals surface area contributed by atoms with Crippen molar-refractivity contribution in [2.75, 3.05) is 0 Å². The molecule has 1 unspecified atom stereocenters. The van der Waals surface area contributed by atoms with Crippen LogP contribution in [0.3, 0.4) is 0 Å². The summed E-state index contributed by atoms with van der Waals surface area (Å²) in [4.78, 5) is 11.4. The van der Waals surface area contributed by atoms with E-state index in [0.717, 1.165) is 0 Å². The first kappa shape index (κ1) is 12.0. The van der Waals surface area contributed by atoms with E-state index in [2.05, 4.69) is 5.32 Å². The molecule has 0 aromatic heterocycles. The Bertz CT molecular complexity index is 268. The number of hydrogen-bond donors (Lipinski definition) is 1. The maximum Gasteiger partial charge on any atom is 0.407 e. The van der Waals surface area contributed by atoms with Gasteiger partial charge in [-0.3, -0.25) is 0 Å². The standard InChI is InChI=1S/C11H18FNO2/c1-11(2,3)15-10(14)13-9-6-4-8(12)5-7-9/h4,9H,5-7H2,1-3H3,(H,13,14). The number of amides is 1. The quantitative estimate of drug-likeness (QED) is 0.730. The first-order chi connectivity index (χ1) is 6.87. The Labute approximate surface area is 89.7 Å². The third-order valence-corrected chi connectivity index (χ3v) is 2.08. The lowest BCUT2D eigenvalue weighted by Crippen LogP contribution is -2.39. The molecule has 0 heterocycles. The summed E-state index contributed by atoms with van der Waals surface area (Å²) in [5, 5.41) is 2.72. The summed E-state index contributed by atoms with van der Waals surface area (Å²) in [6.45, 7) is 5.44. The fourth-order valence-electron chi connectivity index (χ4n) is 1.41. The zero-order valence-corrected chi connectivity index (χ0v) is 9.47. The minimum atomic E-state index is -0.486. The topological polar surface area (TPSA) is 38.3 Å². The lowest BCUT2D eigenvalue weighted by molar-refractivity contribution is 0.0500. The highest BCUT2D eigenvalue weighted by Gasteiger charge is 2.20. The molecule has 0 saturated heterocycles. The van der Waals surface area contributed by atoms with Crippen molar-refractivity contribution in [2.45, 2.75) is 51.7 Å². The van der Waals surface area contributed by atoms with E-state index >= 15 is 0 Å². The van der Waals surface area contributed by atoms with Gasteiger partial charge in [0.1, 0.15) is 5.60 Å². The second-order valence-corrected chi connectivity index (χ2v) is 4.77. The molecule has 0 fully saturated rings. The molecule has 1 N–H and O–H groups in total. The highest BCUT2D eigenvalue weighted by atomic mass is 19.1. The number of allylic oxidation sites excluding steroid dienone is 1. The molecule has 0 saturated carbocycles. The van der Waals surface area contributed by atoms with Gasteiger partial charge in [0.15, 0.2) is 0 Å². The number of carbonyl (C=O) groups is 1. The maximum atomic E-state index is 12.7. The number of halogens is 1. The molecule has 1 rings (SSSR count). The third kappa shape index (κ3) is 4.81. The van der Waals surface area contributed by atoms with Gasteiger partial charge in [-0.1, -0.05) is 6.08 Å². The fraction of sp³-hybridized carbons (Fsp3) is 0.727. The zero-order chi connectivity index (χ0) is 11.5. The van der Waals surface area contributed by atoms with Gasteiger partial charge in [-0.25, -0.2) is 9.18 Å². The smallest absolute Gasteiger partial charge is 0.407 e. The van der Waals surface area contributed by atoms with Crippen molar-refractivity contribution < 1.29 is 13.9 Å². The highest BCUT2D eigenvalue weighted by molar-refractivity contribution is 5.68. The van der Waals surface area contributed by atoms with Gasteiger partial charge in [-0.15, -0.1) is 0 Å². The van der Waals surface area contributed by atoms with Gasteiger partial charge >= 0.3 is 6.09 Å². The van der Waals surface area contributed by atoms with Crippen molar-refractivity contribution in [3.05, 3.63) is 11.9 Å². The number of alkyl carbamates (subject to hydrolysis) is 1. The van der Waals surface area contributed by atoms with Gasteiger partial charge in [0, 0.05) is 12.5 Å². The van der Waals surface area contributed by atoms with Crippen LogP contribution in [0.15, 0.2) is 11.9 Å². The molecule has 0 radical (unpaired) electrons. The van der Waals surface area contributed by atoms with Crippen molar-refractivity contribution in [3.8, 4) is 0 Å².